The average Bonchev–Trinajstić information content (AvgIpc) is 3.05. The number of rotatable bonds is 4. The van der Waals surface area contributed by atoms with Crippen molar-refractivity contribution >= 4 is 17.8 Å². The minimum absolute atomic E-state index is 0.0355. The van der Waals surface area contributed by atoms with Crippen LogP contribution in [0.1, 0.15) is 37.4 Å². The summed E-state index contributed by atoms with van der Waals surface area (Å²) in [6, 6.07) is 3.62. The van der Waals surface area contributed by atoms with Crippen LogP contribution in [0.25, 0.3) is 0 Å². The Morgan fingerprint density at radius 2 is 1.95 bits per heavy atom. The highest BCUT2D eigenvalue weighted by Crippen LogP contribution is 2.31. The second-order valence-corrected chi connectivity index (χ2v) is 6.24. The molecule has 0 amide bonds. The molecular formula is C17H22N2O3. The Bertz CT molecular complexity index is 526. The molecule has 0 atom stereocenters. The van der Waals surface area contributed by atoms with Gasteiger partial charge in [-0.2, -0.15) is 0 Å². The summed E-state index contributed by atoms with van der Waals surface area (Å²) in [4.78, 5) is 28.8. The Morgan fingerprint density at radius 1 is 1.23 bits per heavy atom. The normalized spacial score (nSPS) is 27.6. The number of carbonyl (C=O) groups excluding carboxylic acids is 2. The molecule has 0 spiro atoms. The second-order valence-electron chi connectivity index (χ2n) is 6.24. The molecule has 0 unspecified atom stereocenters. The van der Waals surface area contributed by atoms with Crippen LogP contribution in [-0.2, 0) is 9.59 Å². The van der Waals surface area contributed by atoms with Crippen LogP contribution in [0.3, 0.4) is 0 Å². The van der Waals surface area contributed by atoms with Gasteiger partial charge in [0.2, 0.25) is 0 Å². The van der Waals surface area contributed by atoms with Crippen LogP contribution in [0.4, 0.5) is 0 Å². The molecular weight excluding hydrogens is 280 g/mol. The lowest BCUT2D eigenvalue weighted by Gasteiger charge is -2.23. The third-order valence-corrected chi connectivity index (χ3v) is 4.61. The van der Waals surface area contributed by atoms with Crippen molar-refractivity contribution in [2.24, 2.45) is 16.8 Å². The van der Waals surface area contributed by atoms with Crippen LogP contribution in [0.2, 0.25) is 0 Å². The number of aliphatic imine (C=N–C) groups is 1. The minimum atomic E-state index is -0.645. The average molecular weight is 302 g/mol. The van der Waals surface area contributed by atoms with Gasteiger partial charge in [0.05, 0.1) is 6.26 Å². The van der Waals surface area contributed by atoms with Gasteiger partial charge in [-0.25, -0.2) is 0 Å². The fraction of sp³-hybridized carbons (Fsp3) is 0.588. The van der Waals surface area contributed by atoms with Gasteiger partial charge in [-0.15, -0.1) is 0 Å². The third-order valence-electron chi connectivity index (χ3n) is 4.61. The molecule has 1 aliphatic heterocycles. The van der Waals surface area contributed by atoms with Gasteiger partial charge < -0.3 is 9.73 Å². The smallest absolute Gasteiger partial charge is 0.149 e. The van der Waals surface area contributed by atoms with Crippen molar-refractivity contribution in [2.75, 3.05) is 19.6 Å². The van der Waals surface area contributed by atoms with Gasteiger partial charge in [0, 0.05) is 31.5 Å². The molecule has 2 fully saturated rings. The maximum atomic E-state index is 12.2. The van der Waals surface area contributed by atoms with Crippen molar-refractivity contribution in [3.63, 3.8) is 0 Å². The summed E-state index contributed by atoms with van der Waals surface area (Å²) in [5.41, 5.74) is 0. The Morgan fingerprint density at radius 3 is 2.59 bits per heavy atom. The van der Waals surface area contributed by atoms with Crippen molar-refractivity contribution in [2.45, 2.75) is 31.6 Å². The summed E-state index contributed by atoms with van der Waals surface area (Å²) in [5, 5.41) is 3.32. The van der Waals surface area contributed by atoms with E-state index in [2.05, 4.69) is 10.3 Å². The van der Waals surface area contributed by atoms with Gasteiger partial charge in [-0.1, -0.05) is 0 Å². The Labute approximate surface area is 130 Å². The van der Waals surface area contributed by atoms with Crippen LogP contribution in [0.15, 0.2) is 27.8 Å². The summed E-state index contributed by atoms with van der Waals surface area (Å²) in [7, 11) is 0. The van der Waals surface area contributed by atoms with Crippen molar-refractivity contribution in [3.8, 4) is 0 Å². The lowest BCUT2D eigenvalue weighted by Crippen LogP contribution is -2.34. The van der Waals surface area contributed by atoms with E-state index in [9.17, 15) is 9.59 Å². The van der Waals surface area contributed by atoms with Crippen LogP contribution in [0.5, 0.6) is 0 Å². The standard InChI is InChI=1S/C17H22N2O3/c20-15-8-13(17-2-1-7-22-17)9-16(21)14(15)11-19-10-12-3-5-18-6-4-12/h1-2,7,11-14,18H,3-6,8-10H2. The monoisotopic (exact) mass is 302 g/mol. The number of ketones is 2. The largest absolute Gasteiger partial charge is 0.469 e. The number of Topliss-reactive ketones (excluding diaryl/α,β-unsaturated/α-hetero) is 2. The first-order valence-electron chi connectivity index (χ1n) is 8.03. The van der Waals surface area contributed by atoms with E-state index < -0.39 is 5.92 Å². The van der Waals surface area contributed by atoms with E-state index in [-0.39, 0.29) is 17.5 Å². The number of hydrogen-bond donors (Lipinski definition) is 1. The van der Waals surface area contributed by atoms with E-state index in [1.54, 1.807) is 18.5 Å². The van der Waals surface area contributed by atoms with E-state index in [0.717, 1.165) is 38.2 Å². The second kappa shape index (κ2) is 7.01. The zero-order valence-electron chi connectivity index (χ0n) is 12.7. The van der Waals surface area contributed by atoms with Gasteiger partial charge in [0.1, 0.15) is 23.2 Å². The predicted octanol–water partition coefficient (Wildman–Crippen LogP) is 1.98. The van der Waals surface area contributed by atoms with Crippen molar-refractivity contribution in [1.29, 1.82) is 0 Å². The number of carbonyl (C=O) groups is 2. The van der Waals surface area contributed by atoms with Crippen molar-refractivity contribution < 1.29 is 14.0 Å². The summed E-state index contributed by atoms with van der Waals surface area (Å²) in [6.07, 6.45) is 6.13. The van der Waals surface area contributed by atoms with Gasteiger partial charge in [-0.05, 0) is 44.0 Å². The molecule has 1 saturated heterocycles. The Hall–Kier alpha value is -1.75. The van der Waals surface area contributed by atoms with Crippen LogP contribution >= 0.6 is 0 Å². The molecule has 0 aromatic carbocycles. The highest BCUT2D eigenvalue weighted by molar-refractivity contribution is 6.16. The molecule has 118 valence electrons. The van der Waals surface area contributed by atoms with E-state index in [1.165, 1.54) is 0 Å². The zero-order chi connectivity index (χ0) is 15.4. The molecule has 2 heterocycles. The summed E-state index contributed by atoms with van der Waals surface area (Å²) >= 11 is 0. The molecule has 0 radical (unpaired) electrons. The maximum absolute atomic E-state index is 12.2. The molecule has 3 rings (SSSR count). The zero-order valence-corrected chi connectivity index (χ0v) is 12.7. The molecule has 2 aliphatic rings. The fourth-order valence-corrected chi connectivity index (χ4v) is 3.26. The first-order valence-corrected chi connectivity index (χ1v) is 8.03. The van der Waals surface area contributed by atoms with E-state index in [1.807, 2.05) is 6.07 Å². The van der Waals surface area contributed by atoms with E-state index in [0.29, 0.717) is 18.8 Å². The Kier molecular flexibility index (Phi) is 4.83. The SMILES string of the molecule is O=C1CC(c2ccco2)CC(=O)C1C=NCC1CCNCC1. The highest BCUT2D eigenvalue weighted by Gasteiger charge is 2.36. The molecule has 5 heteroatoms. The first kappa shape index (κ1) is 15.2. The van der Waals surface area contributed by atoms with Crippen molar-refractivity contribution in [3.05, 3.63) is 24.2 Å². The van der Waals surface area contributed by atoms with E-state index in [4.69, 9.17) is 4.42 Å². The molecule has 22 heavy (non-hydrogen) atoms. The van der Waals surface area contributed by atoms with Crippen LogP contribution in [-0.4, -0.2) is 37.4 Å². The number of piperidine rings is 1. The molecule has 0 bridgehead atoms. The molecule has 1 saturated carbocycles. The highest BCUT2D eigenvalue weighted by atomic mass is 16.3. The van der Waals surface area contributed by atoms with Crippen LogP contribution < -0.4 is 5.32 Å². The van der Waals surface area contributed by atoms with Gasteiger partial charge in [0.25, 0.3) is 0 Å². The molecule has 1 aromatic heterocycles. The number of nitrogens with zero attached hydrogens (tertiary/aromatic N) is 1. The van der Waals surface area contributed by atoms with Crippen molar-refractivity contribution in [1.82, 2.24) is 5.32 Å². The quantitative estimate of drug-likeness (QED) is 0.682. The summed E-state index contributed by atoms with van der Waals surface area (Å²) in [6.45, 7) is 2.79. The topological polar surface area (TPSA) is 71.7 Å². The summed E-state index contributed by atoms with van der Waals surface area (Å²) in [5.74, 6) is 0.476. The maximum Gasteiger partial charge on any atom is 0.149 e. The Balaban J connectivity index is 1.56. The first-order chi connectivity index (χ1) is 10.7. The minimum Gasteiger partial charge on any atom is -0.469 e. The molecule has 5 nitrogen and oxygen atoms in total. The van der Waals surface area contributed by atoms with Crippen LogP contribution in [0, 0.1) is 11.8 Å². The lowest BCUT2D eigenvalue weighted by molar-refractivity contribution is -0.133. The van der Waals surface area contributed by atoms with Gasteiger partial charge >= 0.3 is 0 Å². The number of furan rings is 1. The number of hydrogen-bond acceptors (Lipinski definition) is 5. The fourth-order valence-electron chi connectivity index (χ4n) is 3.26. The molecule has 1 aliphatic carbocycles. The third kappa shape index (κ3) is 3.53. The predicted molar refractivity (Wildman–Crippen MR) is 83.1 cm³/mol. The van der Waals surface area contributed by atoms with E-state index >= 15 is 0 Å². The van der Waals surface area contributed by atoms with Gasteiger partial charge in [0.15, 0.2) is 0 Å². The number of nitrogens with one attached hydrogen (secondary N) is 1. The molecule has 1 aromatic rings. The van der Waals surface area contributed by atoms with Gasteiger partial charge in [-0.3, -0.25) is 14.6 Å². The lowest BCUT2D eigenvalue weighted by atomic mass is 9.79. The molecule has 1 N–H and O–H groups in total. The summed E-state index contributed by atoms with van der Waals surface area (Å²) < 4.78 is 5.32.